The minimum Gasteiger partial charge on any atom is -0.255 e. The van der Waals surface area contributed by atoms with Crippen LogP contribution in [0.25, 0.3) is 75.4 Å². The highest BCUT2D eigenvalue weighted by molar-refractivity contribution is 7.19. The number of pyridine rings is 2. The molecule has 2 spiro atoms. The van der Waals surface area contributed by atoms with Crippen molar-refractivity contribution in [2.24, 2.45) is 0 Å². The maximum absolute atomic E-state index is 4.83. The van der Waals surface area contributed by atoms with Crippen LogP contribution in [0.15, 0.2) is 146 Å². The monoisotopic (exact) mass is 784 g/mol. The van der Waals surface area contributed by atoms with Crippen LogP contribution in [0.4, 0.5) is 0 Å². The van der Waals surface area contributed by atoms with E-state index in [0.717, 1.165) is 11.4 Å². The molecule has 0 saturated heterocycles. The van der Waals surface area contributed by atoms with Crippen LogP contribution in [-0.2, 0) is 10.8 Å². The van der Waals surface area contributed by atoms with Gasteiger partial charge in [0.05, 0.1) is 11.4 Å². The predicted molar refractivity (Wildman–Crippen MR) is 244 cm³/mol. The molecule has 0 amide bonds. The van der Waals surface area contributed by atoms with Gasteiger partial charge in [0.15, 0.2) is 0 Å². The molecule has 4 heteroatoms. The molecule has 4 aliphatic carbocycles. The van der Waals surface area contributed by atoms with E-state index in [9.17, 15) is 0 Å². The van der Waals surface area contributed by atoms with Crippen molar-refractivity contribution in [3.05, 3.63) is 168 Å². The Bertz CT molecular complexity index is 2680. The van der Waals surface area contributed by atoms with Crippen LogP contribution in [0, 0.1) is 0 Å². The van der Waals surface area contributed by atoms with Crippen molar-refractivity contribution in [3.63, 3.8) is 0 Å². The first-order chi connectivity index (χ1) is 28.7. The number of hydrogen-bond acceptors (Lipinski definition) is 4. The summed E-state index contributed by atoms with van der Waals surface area (Å²) in [6, 6.07) is 50.7. The zero-order valence-corrected chi connectivity index (χ0v) is 34.3. The van der Waals surface area contributed by atoms with E-state index in [1.807, 2.05) is 35.1 Å². The molecule has 282 valence electrons. The molecular weight excluding hydrogens is 741 g/mol. The van der Waals surface area contributed by atoms with Crippen molar-refractivity contribution >= 4 is 22.7 Å². The Balaban J connectivity index is 0.824. The van der Waals surface area contributed by atoms with Crippen molar-refractivity contribution in [1.82, 2.24) is 9.97 Å². The quantitative estimate of drug-likeness (QED) is 0.174. The van der Waals surface area contributed by atoms with Crippen LogP contribution < -0.4 is 0 Å². The van der Waals surface area contributed by atoms with Gasteiger partial charge in [0.2, 0.25) is 0 Å². The average molecular weight is 785 g/mol. The number of hydrogen-bond donors (Lipinski definition) is 0. The summed E-state index contributed by atoms with van der Waals surface area (Å²) >= 11 is 3.74. The molecule has 0 unspecified atom stereocenters. The van der Waals surface area contributed by atoms with Crippen molar-refractivity contribution < 1.29 is 0 Å². The van der Waals surface area contributed by atoms with Crippen molar-refractivity contribution in [1.29, 1.82) is 0 Å². The number of aromatic nitrogens is 2. The number of benzene rings is 4. The first kappa shape index (κ1) is 34.6. The summed E-state index contributed by atoms with van der Waals surface area (Å²) in [5.41, 5.74) is 19.1. The Morgan fingerprint density at radius 3 is 1.16 bits per heavy atom. The summed E-state index contributed by atoms with van der Waals surface area (Å²) in [6.07, 6.45) is 16.8. The summed E-state index contributed by atoms with van der Waals surface area (Å²) in [7, 11) is 0. The van der Waals surface area contributed by atoms with E-state index in [0.29, 0.717) is 0 Å². The molecular formula is C54H44N2S2. The van der Waals surface area contributed by atoms with Crippen molar-refractivity contribution in [2.45, 2.75) is 75.0 Å². The second-order valence-corrected chi connectivity index (χ2v) is 19.3. The van der Waals surface area contributed by atoms with E-state index in [1.165, 1.54) is 128 Å². The van der Waals surface area contributed by atoms with Crippen LogP contribution in [0.3, 0.4) is 0 Å². The van der Waals surface area contributed by atoms with Crippen molar-refractivity contribution in [2.75, 3.05) is 0 Å². The second-order valence-electron chi connectivity index (χ2n) is 17.1. The lowest BCUT2D eigenvalue weighted by atomic mass is 9.67. The highest BCUT2D eigenvalue weighted by atomic mass is 32.1. The topological polar surface area (TPSA) is 25.8 Å². The maximum atomic E-state index is 4.83. The number of rotatable bonds is 5. The Morgan fingerprint density at radius 2 is 0.724 bits per heavy atom. The first-order valence-corrected chi connectivity index (χ1v) is 22.9. The molecule has 0 bridgehead atoms. The lowest BCUT2D eigenvalue weighted by molar-refractivity contribution is 0.353. The summed E-state index contributed by atoms with van der Waals surface area (Å²) in [5, 5.41) is 0. The van der Waals surface area contributed by atoms with Crippen LogP contribution in [0.5, 0.6) is 0 Å². The van der Waals surface area contributed by atoms with Gasteiger partial charge in [0.1, 0.15) is 0 Å². The fourth-order valence-corrected chi connectivity index (χ4v) is 13.3. The minimum absolute atomic E-state index is 0.166. The summed E-state index contributed by atoms with van der Waals surface area (Å²) in [4.78, 5) is 14.8. The number of fused-ring (bicyclic) bond motifs is 10. The minimum atomic E-state index is 0.166. The fraction of sp³-hybridized carbons (Fsp3) is 0.222. The Morgan fingerprint density at radius 1 is 0.345 bits per heavy atom. The number of nitrogens with zero attached hydrogens (tertiary/aromatic N) is 2. The molecule has 2 saturated carbocycles. The smallest absolute Gasteiger partial charge is 0.0892 e. The van der Waals surface area contributed by atoms with E-state index >= 15 is 0 Å². The summed E-state index contributed by atoms with van der Waals surface area (Å²) in [5.74, 6) is 0. The van der Waals surface area contributed by atoms with Gasteiger partial charge in [0.25, 0.3) is 0 Å². The Kier molecular flexibility index (Phi) is 8.10. The third-order valence-corrected chi connectivity index (χ3v) is 16.4. The standard InChI is InChI=1S/C54H44N2S2/c1-7-25-53(26-8-1)43-13-5-3-11-39(43)41-17-15-35(31-45(41)53)49-19-21-51(57-49)37-23-29-55-47(33-37)48-34-38(24-30-56-48)52-22-20-50(58-52)36-16-18-42-40-12-4-6-14-44(40)54(46(42)32-36)27-9-2-10-28-54/h3-6,11-24,29-34H,1-2,7-10,25-28H2. The van der Waals surface area contributed by atoms with E-state index < -0.39 is 0 Å². The third-order valence-electron chi connectivity index (χ3n) is 14.1. The van der Waals surface area contributed by atoms with E-state index in [2.05, 4.69) is 133 Å². The normalized spacial score (nSPS) is 16.9. The van der Waals surface area contributed by atoms with Gasteiger partial charge in [-0.15, -0.1) is 22.7 Å². The van der Waals surface area contributed by atoms with Gasteiger partial charge in [-0.2, -0.15) is 0 Å². The maximum Gasteiger partial charge on any atom is 0.0892 e. The predicted octanol–water partition coefficient (Wildman–Crippen LogP) is 15.4. The Labute approximate surface area is 349 Å². The van der Waals surface area contributed by atoms with Gasteiger partial charge >= 0.3 is 0 Å². The third kappa shape index (κ3) is 5.34. The molecule has 4 aromatic carbocycles. The highest BCUT2D eigenvalue weighted by Crippen LogP contribution is 2.58. The molecule has 4 heterocycles. The molecule has 8 aromatic rings. The molecule has 0 atom stereocenters. The molecule has 4 aromatic heterocycles. The van der Waals surface area contributed by atoms with E-state index in [4.69, 9.17) is 9.97 Å². The van der Waals surface area contributed by atoms with Gasteiger partial charge in [0, 0.05) is 42.7 Å². The largest absolute Gasteiger partial charge is 0.255 e. The van der Waals surface area contributed by atoms with E-state index in [-0.39, 0.29) is 10.8 Å². The zero-order valence-electron chi connectivity index (χ0n) is 32.6. The molecule has 58 heavy (non-hydrogen) atoms. The molecule has 2 fully saturated rings. The lowest BCUT2D eigenvalue weighted by Gasteiger charge is -2.36. The summed E-state index contributed by atoms with van der Waals surface area (Å²) in [6.45, 7) is 0. The average Bonchev–Trinajstić information content (AvgIpc) is 4.10. The highest BCUT2D eigenvalue weighted by Gasteiger charge is 2.45. The molecule has 12 rings (SSSR count). The van der Waals surface area contributed by atoms with Gasteiger partial charge in [-0.05, 0) is 153 Å². The summed E-state index contributed by atoms with van der Waals surface area (Å²) < 4.78 is 0. The molecule has 4 aliphatic rings. The zero-order chi connectivity index (χ0) is 38.3. The molecule has 2 nitrogen and oxygen atoms in total. The molecule has 0 N–H and O–H groups in total. The first-order valence-electron chi connectivity index (χ1n) is 21.3. The van der Waals surface area contributed by atoms with Crippen LogP contribution in [0.1, 0.15) is 86.5 Å². The van der Waals surface area contributed by atoms with Crippen LogP contribution in [0.2, 0.25) is 0 Å². The number of thiophene rings is 2. The van der Waals surface area contributed by atoms with Gasteiger partial charge in [-0.25, -0.2) is 0 Å². The molecule has 0 radical (unpaired) electrons. The van der Waals surface area contributed by atoms with E-state index in [1.54, 1.807) is 22.3 Å². The Hall–Kier alpha value is -5.42. The SMILES string of the molecule is c1ccc2c(c1)-c1ccc(-c3ccc(-c4ccnc(-c5cc(-c6ccc(-c7ccc8c(c7)C7(CCCCC7)c7ccccc7-8)s6)ccn5)c4)s3)cc1C21CCCCC1. The lowest BCUT2D eigenvalue weighted by Crippen LogP contribution is -2.28. The fourth-order valence-electron chi connectivity index (χ4n) is 11.3. The van der Waals surface area contributed by atoms with Crippen LogP contribution in [-0.4, -0.2) is 9.97 Å². The van der Waals surface area contributed by atoms with Gasteiger partial charge < -0.3 is 0 Å². The van der Waals surface area contributed by atoms with Crippen molar-refractivity contribution in [3.8, 4) is 75.4 Å². The van der Waals surface area contributed by atoms with Gasteiger partial charge in [-0.3, -0.25) is 9.97 Å². The van der Waals surface area contributed by atoms with Gasteiger partial charge in [-0.1, -0.05) is 111 Å². The second kappa shape index (κ2) is 13.6. The van der Waals surface area contributed by atoms with Crippen LogP contribution >= 0.6 is 22.7 Å². The molecule has 0 aliphatic heterocycles.